The van der Waals surface area contributed by atoms with Crippen LogP contribution in [0, 0.1) is 0 Å². The average Bonchev–Trinajstić information content (AvgIpc) is 2.71. The number of methoxy groups -OCH3 is 3. The molecule has 0 aromatic heterocycles. The molecule has 6 heteroatoms. The maximum Gasteiger partial charge on any atom is 0.412 e. The van der Waals surface area contributed by atoms with Crippen LogP contribution in [-0.4, -0.2) is 27.4 Å². The highest BCUT2D eigenvalue weighted by Gasteiger charge is 2.30. The van der Waals surface area contributed by atoms with E-state index in [1.54, 1.807) is 33.5 Å². The van der Waals surface area contributed by atoms with Crippen molar-refractivity contribution >= 4 is 22.6 Å². The van der Waals surface area contributed by atoms with E-state index in [9.17, 15) is 4.79 Å². The first kappa shape index (κ1) is 17.0. The van der Waals surface area contributed by atoms with Gasteiger partial charge in [-0.15, -0.1) is 0 Å². The Hall–Kier alpha value is -3.41. The first-order valence-electron chi connectivity index (χ1n) is 8.45. The van der Waals surface area contributed by atoms with Gasteiger partial charge < -0.3 is 18.9 Å². The predicted octanol–water partition coefficient (Wildman–Crippen LogP) is 4.52. The largest absolute Gasteiger partial charge is 0.493 e. The fraction of sp³-hybridized carbons (Fsp3) is 0.190. The number of amides is 1. The van der Waals surface area contributed by atoms with Gasteiger partial charge in [-0.25, -0.2) is 4.79 Å². The summed E-state index contributed by atoms with van der Waals surface area (Å²) in [5, 5.41) is 4.84. The van der Waals surface area contributed by atoms with E-state index >= 15 is 0 Å². The van der Waals surface area contributed by atoms with Crippen molar-refractivity contribution in [2.24, 2.45) is 0 Å². The maximum atomic E-state index is 12.3. The Bertz CT molecular complexity index is 1010. The zero-order valence-electron chi connectivity index (χ0n) is 15.2. The van der Waals surface area contributed by atoms with Gasteiger partial charge in [-0.1, -0.05) is 36.4 Å². The highest BCUT2D eigenvalue weighted by molar-refractivity contribution is 6.03. The standard InChI is InChI=1S/C21H19NO5/c1-24-16-10-13(11-17(25-2)20(16)26-3)19-15-9-8-12-6-4-5-7-14(12)18(15)22-21(23)27-19/h4-11,19H,1-3H3,(H,22,23)/t19-/m0/s1. The van der Waals surface area contributed by atoms with Crippen molar-refractivity contribution < 1.29 is 23.7 Å². The molecule has 0 fully saturated rings. The first-order chi connectivity index (χ1) is 13.2. The van der Waals surface area contributed by atoms with Gasteiger partial charge in [0.15, 0.2) is 17.6 Å². The summed E-state index contributed by atoms with van der Waals surface area (Å²) in [4.78, 5) is 12.3. The number of ether oxygens (including phenoxy) is 4. The number of carbonyl (C=O) groups excluding carboxylic acids is 1. The van der Waals surface area contributed by atoms with Crippen molar-refractivity contribution in [1.29, 1.82) is 0 Å². The van der Waals surface area contributed by atoms with Crippen LogP contribution >= 0.6 is 0 Å². The molecule has 138 valence electrons. The molecular formula is C21H19NO5. The Kier molecular flexibility index (Phi) is 4.24. The normalized spacial score (nSPS) is 15.5. The summed E-state index contributed by atoms with van der Waals surface area (Å²) in [5.41, 5.74) is 2.35. The topological polar surface area (TPSA) is 66.0 Å². The molecule has 1 N–H and O–H groups in total. The van der Waals surface area contributed by atoms with Crippen molar-refractivity contribution in [2.75, 3.05) is 26.6 Å². The van der Waals surface area contributed by atoms with E-state index in [0.29, 0.717) is 17.2 Å². The van der Waals surface area contributed by atoms with Crippen LogP contribution in [0.4, 0.5) is 10.5 Å². The molecule has 1 amide bonds. The number of nitrogens with one attached hydrogen (secondary N) is 1. The first-order valence-corrected chi connectivity index (χ1v) is 8.45. The minimum Gasteiger partial charge on any atom is -0.493 e. The maximum absolute atomic E-state index is 12.3. The second-order valence-corrected chi connectivity index (χ2v) is 6.12. The van der Waals surface area contributed by atoms with E-state index in [2.05, 4.69) is 5.32 Å². The summed E-state index contributed by atoms with van der Waals surface area (Å²) in [6.45, 7) is 0. The molecular weight excluding hydrogens is 346 g/mol. The van der Waals surface area contributed by atoms with Crippen molar-refractivity contribution in [1.82, 2.24) is 0 Å². The lowest BCUT2D eigenvalue weighted by Crippen LogP contribution is -2.25. The lowest BCUT2D eigenvalue weighted by Gasteiger charge is -2.28. The van der Waals surface area contributed by atoms with Gasteiger partial charge in [0.1, 0.15) is 0 Å². The van der Waals surface area contributed by atoms with Crippen molar-refractivity contribution in [3.05, 3.63) is 59.7 Å². The molecule has 1 heterocycles. The molecule has 0 unspecified atom stereocenters. The number of rotatable bonds is 4. The SMILES string of the molecule is COc1cc([C@@H]2OC(=O)Nc3c2ccc2ccccc32)cc(OC)c1OC. The van der Waals surface area contributed by atoms with Gasteiger partial charge in [-0.05, 0) is 17.5 Å². The van der Waals surface area contributed by atoms with Crippen LogP contribution in [0.1, 0.15) is 17.2 Å². The molecule has 4 rings (SSSR count). The fourth-order valence-electron chi connectivity index (χ4n) is 3.45. The quantitative estimate of drug-likeness (QED) is 0.736. The zero-order valence-corrected chi connectivity index (χ0v) is 15.2. The van der Waals surface area contributed by atoms with E-state index in [4.69, 9.17) is 18.9 Å². The summed E-state index contributed by atoms with van der Waals surface area (Å²) in [5.74, 6) is 1.50. The Morgan fingerprint density at radius 2 is 1.63 bits per heavy atom. The van der Waals surface area contributed by atoms with Crippen molar-refractivity contribution in [3.63, 3.8) is 0 Å². The van der Waals surface area contributed by atoms with E-state index in [0.717, 1.165) is 27.6 Å². The number of benzene rings is 3. The third-order valence-electron chi connectivity index (χ3n) is 4.69. The highest BCUT2D eigenvalue weighted by Crippen LogP contribution is 2.45. The molecule has 3 aromatic rings. The van der Waals surface area contributed by atoms with E-state index in [1.807, 2.05) is 36.4 Å². The monoisotopic (exact) mass is 365 g/mol. The third-order valence-corrected chi connectivity index (χ3v) is 4.69. The van der Waals surface area contributed by atoms with Crippen LogP contribution < -0.4 is 19.5 Å². The van der Waals surface area contributed by atoms with Gasteiger partial charge in [0.05, 0.1) is 27.0 Å². The summed E-state index contributed by atoms with van der Waals surface area (Å²) in [6.07, 6.45) is -1.09. The van der Waals surface area contributed by atoms with Crippen LogP contribution in [0.2, 0.25) is 0 Å². The lowest BCUT2D eigenvalue weighted by molar-refractivity contribution is 0.126. The molecule has 0 bridgehead atoms. The third kappa shape index (κ3) is 2.79. The number of carbonyl (C=O) groups is 1. The van der Waals surface area contributed by atoms with Gasteiger partial charge in [-0.2, -0.15) is 0 Å². The summed E-state index contributed by atoms with van der Waals surface area (Å²) >= 11 is 0. The van der Waals surface area contributed by atoms with E-state index in [-0.39, 0.29) is 0 Å². The number of hydrogen-bond donors (Lipinski definition) is 1. The van der Waals surface area contributed by atoms with E-state index in [1.165, 1.54) is 0 Å². The molecule has 27 heavy (non-hydrogen) atoms. The molecule has 0 saturated heterocycles. The Morgan fingerprint density at radius 3 is 2.30 bits per heavy atom. The molecule has 0 aliphatic carbocycles. The molecule has 6 nitrogen and oxygen atoms in total. The van der Waals surface area contributed by atoms with Gasteiger partial charge in [-0.3, -0.25) is 5.32 Å². The molecule has 1 aliphatic rings. The molecule has 1 atom stereocenters. The second-order valence-electron chi connectivity index (χ2n) is 6.12. The summed E-state index contributed by atoms with van der Waals surface area (Å²) in [7, 11) is 4.65. The van der Waals surface area contributed by atoms with Crippen LogP contribution in [-0.2, 0) is 4.74 Å². The van der Waals surface area contributed by atoms with E-state index < -0.39 is 12.2 Å². The van der Waals surface area contributed by atoms with Crippen LogP contribution in [0.25, 0.3) is 10.8 Å². The van der Waals surface area contributed by atoms with Crippen LogP contribution in [0.15, 0.2) is 48.5 Å². The van der Waals surface area contributed by atoms with Crippen molar-refractivity contribution in [3.8, 4) is 17.2 Å². The summed E-state index contributed by atoms with van der Waals surface area (Å²) < 4.78 is 21.9. The van der Waals surface area contributed by atoms with Crippen LogP contribution in [0.5, 0.6) is 17.2 Å². The lowest BCUT2D eigenvalue weighted by atomic mass is 9.94. The fourth-order valence-corrected chi connectivity index (χ4v) is 3.45. The molecule has 1 aliphatic heterocycles. The van der Waals surface area contributed by atoms with Gasteiger partial charge in [0.2, 0.25) is 5.75 Å². The Balaban J connectivity index is 1.91. The smallest absolute Gasteiger partial charge is 0.412 e. The minimum absolute atomic E-state index is 0.489. The van der Waals surface area contributed by atoms with Gasteiger partial charge >= 0.3 is 6.09 Å². The molecule has 0 radical (unpaired) electrons. The van der Waals surface area contributed by atoms with Crippen LogP contribution in [0.3, 0.4) is 0 Å². The average molecular weight is 365 g/mol. The Labute approximate surface area is 156 Å². The number of fused-ring (bicyclic) bond motifs is 3. The van der Waals surface area contributed by atoms with Gasteiger partial charge in [0, 0.05) is 16.5 Å². The predicted molar refractivity (Wildman–Crippen MR) is 102 cm³/mol. The zero-order chi connectivity index (χ0) is 19.0. The number of anilines is 1. The van der Waals surface area contributed by atoms with Gasteiger partial charge in [0.25, 0.3) is 0 Å². The number of hydrogen-bond acceptors (Lipinski definition) is 5. The second kappa shape index (κ2) is 6.72. The molecule has 0 spiro atoms. The Morgan fingerprint density at radius 1 is 0.926 bits per heavy atom. The minimum atomic E-state index is -0.591. The molecule has 3 aromatic carbocycles. The summed E-state index contributed by atoms with van der Waals surface area (Å²) in [6, 6.07) is 15.5. The number of cyclic esters (lactones) is 1. The molecule has 0 saturated carbocycles. The van der Waals surface area contributed by atoms with Crippen molar-refractivity contribution in [2.45, 2.75) is 6.10 Å². The highest BCUT2D eigenvalue weighted by atomic mass is 16.6.